The van der Waals surface area contributed by atoms with Crippen LogP contribution in [0.3, 0.4) is 0 Å². The van der Waals surface area contributed by atoms with E-state index in [1.54, 1.807) is 7.11 Å². The summed E-state index contributed by atoms with van der Waals surface area (Å²) in [5, 5.41) is 12.1. The van der Waals surface area contributed by atoms with Crippen LogP contribution in [0.25, 0.3) is 22.0 Å². The molecular formula is C17H16N4O. The minimum Gasteiger partial charge on any atom is -0.497 e. The Morgan fingerprint density at radius 3 is 2.82 bits per heavy atom. The molecule has 0 fully saturated rings. The summed E-state index contributed by atoms with van der Waals surface area (Å²) in [6.07, 6.45) is 0. The molecule has 5 heteroatoms. The number of H-pyrrole nitrogens is 2. The molecule has 0 saturated heterocycles. The Morgan fingerprint density at radius 1 is 1.05 bits per heavy atom. The molecule has 4 rings (SSSR count). The smallest absolute Gasteiger partial charge is 0.132 e. The third-order valence-electron chi connectivity index (χ3n) is 3.84. The third kappa shape index (κ3) is 1.95. The first kappa shape index (κ1) is 12.6. The lowest BCUT2D eigenvalue weighted by atomic mass is 10.2. The van der Waals surface area contributed by atoms with Crippen molar-refractivity contribution in [3.05, 3.63) is 48.5 Å². The fourth-order valence-corrected chi connectivity index (χ4v) is 2.77. The van der Waals surface area contributed by atoms with Gasteiger partial charge in [-0.25, -0.2) is 0 Å². The van der Waals surface area contributed by atoms with Gasteiger partial charge in [-0.3, -0.25) is 10.2 Å². The van der Waals surface area contributed by atoms with Crippen molar-refractivity contribution in [3.8, 4) is 17.0 Å². The van der Waals surface area contributed by atoms with Gasteiger partial charge >= 0.3 is 0 Å². The summed E-state index contributed by atoms with van der Waals surface area (Å²) in [6, 6.07) is 15.9. The molecule has 1 heterocycles. The van der Waals surface area contributed by atoms with E-state index in [2.05, 4.69) is 21.6 Å². The Morgan fingerprint density at radius 2 is 1.95 bits per heavy atom. The molecule has 2 aromatic rings. The molecular weight excluding hydrogens is 276 g/mol. The average Bonchev–Trinajstić information content (AvgIpc) is 3.07. The summed E-state index contributed by atoms with van der Waals surface area (Å²) in [6.45, 7) is 0. The number of benzene rings is 2. The molecule has 0 unspecified atom stereocenters. The molecule has 5 N–H and O–H groups in total. The summed E-state index contributed by atoms with van der Waals surface area (Å²) < 4.78 is 5.25. The number of anilines is 3. The standard InChI is InChI=1S/C17H16N4O/c1-22-13-4-2-3-12(9-13)19-17-15-8-10-7-11(18)5-6-14(10)16(15)20-21-17/h2-9,19-21H,18H2,1H3. The van der Waals surface area contributed by atoms with E-state index in [1.807, 2.05) is 42.5 Å². The van der Waals surface area contributed by atoms with Gasteiger partial charge in [-0.15, -0.1) is 0 Å². The molecule has 2 aliphatic rings. The van der Waals surface area contributed by atoms with Crippen molar-refractivity contribution in [2.45, 2.75) is 0 Å². The Balaban J connectivity index is 1.75. The summed E-state index contributed by atoms with van der Waals surface area (Å²) in [5.74, 6) is 1.73. The number of hydrogen-bond donors (Lipinski definition) is 4. The van der Waals surface area contributed by atoms with Crippen molar-refractivity contribution >= 4 is 28.0 Å². The number of aromatic nitrogens is 2. The molecule has 1 aliphatic carbocycles. The zero-order valence-corrected chi connectivity index (χ0v) is 12.1. The number of hydrogen-bond acceptors (Lipinski definition) is 3. The van der Waals surface area contributed by atoms with Crippen LogP contribution in [0.1, 0.15) is 0 Å². The van der Waals surface area contributed by atoms with Crippen LogP contribution in [0, 0.1) is 0 Å². The van der Waals surface area contributed by atoms with Crippen LogP contribution in [-0.2, 0) is 0 Å². The van der Waals surface area contributed by atoms with Crippen LogP contribution in [0.2, 0.25) is 0 Å². The first-order chi connectivity index (χ1) is 10.7. The molecule has 0 saturated carbocycles. The Bertz CT molecular complexity index is 922. The van der Waals surface area contributed by atoms with Gasteiger partial charge < -0.3 is 15.8 Å². The van der Waals surface area contributed by atoms with Gasteiger partial charge in [0.15, 0.2) is 0 Å². The molecule has 0 bridgehead atoms. The van der Waals surface area contributed by atoms with Gasteiger partial charge in [0.1, 0.15) is 11.6 Å². The van der Waals surface area contributed by atoms with Crippen molar-refractivity contribution in [1.29, 1.82) is 0 Å². The lowest BCUT2D eigenvalue weighted by Crippen LogP contribution is -1.92. The molecule has 5 nitrogen and oxygen atoms in total. The highest BCUT2D eigenvalue weighted by atomic mass is 16.5. The van der Waals surface area contributed by atoms with Crippen molar-refractivity contribution in [2.24, 2.45) is 0 Å². The molecule has 0 amide bonds. The number of aromatic amines is 2. The second-order valence-corrected chi connectivity index (χ2v) is 5.26. The Kier molecular flexibility index (Phi) is 2.72. The second kappa shape index (κ2) is 4.73. The Labute approximate surface area is 127 Å². The zero-order valence-electron chi connectivity index (χ0n) is 12.1. The highest BCUT2D eigenvalue weighted by Crippen LogP contribution is 2.39. The van der Waals surface area contributed by atoms with E-state index in [4.69, 9.17) is 10.5 Å². The van der Waals surface area contributed by atoms with Crippen LogP contribution in [0.15, 0.2) is 48.5 Å². The first-order valence-corrected chi connectivity index (χ1v) is 7.04. The van der Waals surface area contributed by atoms with Gasteiger partial charge in [0, 0.05) is 28.4 Å². The number of fused-ring (bicyclic) bond motifs is 3. The lowest BCUT2D eigenvalue weighted by Gasteiger charge is -2.06. The average molecular weight is 292 g/mol. The Hall–Kier alpha value is -3.08. The zero-order chi connectivity index (χ0) is 15.1. The summed E-state index contributed by atoms with van der Waals surface area (Å²) in [5.41, 5.74) is 9.76. The van der Waals surface area contributed by atoms with Gasteiger partial charge in [0.2, 0.25) is 0 Å². The minimum atomic E-state index is 0.770. The van der Waals surface area contributed by atoms with Crippen molar-refractivity contribution in [3.63, 3.8) is 0 Å². The van der Waals surface area contributed by atoms with Gasteiger partial charge in [-0.1, -0.05) is 12.1 Å². The van der Waals surface area contributed by atoms with Crippen LogP contribution in [0.5, 0.6) is 5.75 Å². The number of methoxy groups -OCH3 is 1. The lowest BCUT2D eigenvalue weighted by molar-refractivity contribution is 0.415. The van der Waals surface area contributed by atoms with Crippen molar-refractivity contribution in [2.75, 3.05) is 18.2 Å². The number of nitrogens with two attached hydrogens (primary N) is 1. The number of nitrogen functional groups attached to an aromatic ring is 1. The van der Waals surface area contributed by atoms with E-state index in [0.29, 0.717) is 0 Å². The number of ether oxygens (including phenoxy) is 1. The molecule has 0 spiro atoms. The monoisotopic (exact) mass is 292 g/mol. The van der Waals surface area contributed by atoms with Gasteiger partial charge in [0.05, 0.1) is 12.8 Å². The molecule has 22 heavy (non-hydrogen) atoms. The van der Waals surface area contributed by atoms with E-state index >= 15 is 0 Å². The fraction of sp³-hybridized carbons (Fsp3) is 0.0588. The highest BCUT2D eigenvalue weighted by molar-refractivity contribution is 6.05. The van der Waals surface area contributed by atoms with E-state index in [9.17, 15) is 0 Å². The predicted molar refractivity (Wildman–Crippen MR) is 90.0 cm³/mol. The fourth-order valence-electron chi connectivity index (χ4n) is 2.77. The minimum absolute atomic E-state index is 0.770. The molecule has 0 radical (unpaired) electrons. The largest absolute Gasteiger partial charge is 0.497 e. The quantitative estimate of drug-likeness (QED) is 0.432. The van der Waals surface area contributed by atoms with E-state index < -0.39 is 0 Å². The van der Waals surface area contributed by atoms with Crippen LogP contribution >= 0.6 is 0 Å². The predicted octanol–water partition coefficient (Wildman–Crippen LogP) is 3.94. The SMILES string of the molecule is COc1cccc(Nc2[nH][nH]c3c4ccc(N)cc4cc2-3)c1. The van der Waals surface area contributed by atoms with Crippen LogP contribution in [-0.4, -0.2) is 17.3 Å². The van der Waals surface area contributed by atoms with Crippen molar-refractivity contribution < 1.29 is 4.74 Å². The van der Waals surface area contributed by atoms with E-state index in [1.165, 1.54) is 0 Å². The van der Waals surface area contributed by atoms with Gasteiger partial charge in [-0.05, 0) is 35.7 Å². The maximum atomic E-state index is 5.86. The summed E-state index contributed by atoms with van der Waals surface area (Å²) in [4.78, 5) is 0. The van der Waals surface area contributed by atoms with Gasteiger partial charge in [0.25, 0.3) is 0 Å². The van der Waals surface area contributed by atoms with Gasteiger partial charge in [-0.2, -0.15) is 0 Å². The van der Waals surface area contributed by atoms with Crippen LogP contribution in [0.4, 0.5) is 17.2 Å². The van der Waals surface area contributed by atoms with Crippen molar-refractivity contribution in [1.82, 2.24) is 10.2 Å². The first-order valence-electron chi connectivity index (χ1n) is 7.04. The summed E-state index contributed by atoms with van der Waals surface area (Å²) in [7, 11) is 1.66. The normalized spacial score (nSPS) is 11.1. The molecule has 110 valence electrons. The molecule has 1 aliphatic heterocycles. The maximum Gasteiger partial charge on any atom is 0.132 e. The topological polar surface area (TPSA) is 78.9 Å². The molecule has 2 aromatic carbocycles. The van der Waals surface area contributed by atoms with E-state index in [0.717, 1.165) is 45.0 Å². The number of nitrogens with one attached hydrogen (secondary N) is 3. The number of rotatable bonds is 3. The molecule has 0 atom stereocenters. The van der Waals surface area contributed by atoms with Crippen LogP contribution < -0.4 is 15.8 Å². The van der Waals surface area contributed by atoms with E-state index in [-0.39, 0.29) is 0 Å². The maximum absolute atomic E-state index is 5.86. The molecule has 0 aromatic heterocycles. The second-order valence-electron chi connectivity index (χ2n) is 5.26. The third-order valence-corrected chi connectivity index (χ3v) is 3.84. The highest BCUT2D eigenvalue weighted by Gasteiger charge is 2.16. The summed E-state index contributed by atoms with van der Waals surface area (Å²) >= 11 is 0.